The van der Waals surface area contributed by atoms with Gasteiger partial charge >= 0.3 is 12.0 Å². The summed E-state index contributed by atoms with van der Waals surface area (Å²) in [5.74, 6) is -2.81. The highest BCUT2D eigenvalue weighted by molar-refractivity contribution is 6.24. The van der Waals surface area contributed by atoms with Crippen LogP contribution in [0.3, 0.4) is 0 Å². The Morgan fingerprint density at radius 2 is 1.38 bits per heavy atom. The highest BCUT2D eigenvalue weighted by Crippen LogP contribution is 2.26. The molecule has 10 nitrogen and oxygen atoms in total. The highest BCUT2D eigenvalue weighted by Gasteiger charge is 2.19. The number of aliphatic imine (C=N–C) groups is 2. The number of amides is 2. The molecular weight excluding hydrogens is 284 g/mol. The second-order valence-electron chi connectivity index (χ2n) is 3.68. The Hall–Kier alpha value is -3.43. The molecule has 0 fully saturated rings. The van der Waals surface area contributed by atoms with Crippen LogP contribution in [0.2, 0.25) is 0 Å². The van der Waals surface area contributed by atoms with Gasteiger partial charge in [-0.3, -0.25) is 0 Å². The van der Waals surface area contributed by atoms with Crippen molar-refractivity contribution in [2.24, 2.45) is 9.98 Å². The van der Waals surface area contributed by atoms with Crippen LogP contribution in [0.4, 0.5) is 4.79 Å². The summed E-state index contributed by atoms with van der Waals surface area (Å²) in [6, 6.07) is -1.85. The number of hydrogen-bond donors (Lipinski definition) is 5. The van der Waals surface area contributed by atoms with Gasteiger partial charge in [-0.2, -0.15) is 20.0 Å². The van der Waals surface area contributed by atoms with Crippen LogP contribution < -0.4 is 0 Å². The number of carbonyl (C=O) groups is 1. The predicted molar refractivity (Wildman–Crippen MR) is 69.7 cm³/mol. The van der Waals surface area contributed by atoms with E-state index in [1.165, 1.54) is 6.08 Å². The first-order valence-electron chi connectivity index (χ1n) is 5.36. The summed E-state index contributed by atoms with van der Waals surface area (Å²) in [6.07, 6.45) is 3.45. The summed E-state index contributed by atoms with van der Waals surface area (Å²) in [4.78, 5) is 23.5. The molecule has 0 saturated heterocycles. The first kappa shape index (κ1) is 14.0. The van der Waals surface area contributed by atoms with Gasteiger partial charge in [-0.25, -0.2) is 4.79 Å². The molecule has 0 aliphatic carbocycles. The van der Waals surface area contributed by atoms with E-state index in [0.717, 1.165) is 12.2 Å². The number of rotatable bonds is 2. The zero-order valence-electron chi connectivity index (χ0n) is 10.2. The molecule has 21 heavy (non-hydrogen) atoms. The van der Waals surface area contributed by atoms with Gasteiger partial charge in [-0.1, -0.05) is 6.08 Å². The zero-order chi connectivity index (χ0) is 15.6. The molecule has 1 aromatic rings. The molecule has 1 aromatic heterocycles. The Morgan fingerprint density at radius 1 is 0.857 bits per heavy atom. The zero-order valence-corrected chi connectivity index (χ0v) is 10.2. The minimum absolute atomic E-state index is 0.204. The number of allylic oxidation sites excluding steroid dienone is 2. The van der Waals surface area contributed by atoms with E-state index in [2.05, 4.69) is 20.0 Å². The topological polar surface area (TPSA) is 169 Å². The van der Waals surface area contributed by atoms with Crippen LogP contribution in [0, 0.1) is 0 Å². The number of nitrogens with zero attached hydrogens (tertiary/aromatic N) is 4. The van der Waals surface area contributed by atoms with Crippen LogP contribution in [0.5, 0.6) is 17.8 Å². The molecular formula is C11H8N4O6. The van der Waals surface area contributed by atoms with Crippen LogP contribution in [-0.2, 0) is 0 Å². The van der Waals surface area contributed by atoms with Crippen molar-refractivity contribution in [3.8, 4) is 17.8 Å². The normalized spacial score (nSPS) is 15.0. The van der Waals surface area contributed by atoms with E-state index in [1.54, 1.807) is 0 Å². The van der Waals surface area contributed by atoms with Crippen molar-refractivity contribution in [1.29, 1.82) is 0 Å². The lowest BCUT2D eigenvalue weighted by molar-refractivity contribution is 0.255. The summed E-state index contributed by atoms with van der Waals surface area (Å²) in [7, 11) is 0. The van der Waals surface area contributed by atoms with Crippen molar-refractivity contribution in [2.75, 3.05) is 0 Å². The molecule has 0 bridgehead atoms. The smallest absolute Gasteiger partial charge is 0.373 e. The Labute approximate surface area is 116 Å². The van der Waals surface area contributed by atoms with Crippen molar-refractivity contribution in [1.82, 2.24) is 9.97 Å². The van der Waals surface area contributed by atoms with Crippen LogP contribution >= 0.6 is 0 Å². The molecule has 2 amide bonds. The Morgan fingerprint density at radius 3 is 1.90 bits per heavy atom. The maximum atomic E-state index is 10.8. The molecule has 1 aliphatic heterocycles. The molecule has 10 heteroatoms. The maximum absolute atomic E-state index is 10.8. The molecule has 5 N–H and O–H groups in total. The Kier molecular flexibility index (Phi) is 3.52. The van der Waals surface area contributed by atoms with Gasteiger partial charge in [0.25, 0.3) is 0 Å². The third-order valence-electron chi connectivity index (χ3n) is 2.30. The molecule has 1 aliphatic rings. The molecule has 0 unspecified atom stereocenters. The lowest BCUT2D eigenvalue weighted by Gasteiger charge is -2.05. The number of hydrogen-bond acceptors (Lipinski definition) is 6. The molecule has 0 saturated carbocycles. The van der Waals surface area contributed by atoms with Crippen LogP contribution in [0.1, 0.15) is 5.56 Å². The second-order valence-corrected chi connectivity index (χ2v) is 3.68. The number of aliphatic hydroxyl groups excluding tert-OH is 2. The van der Waals surface area contributed by atoms with Gasteiger partial charge < -0.3 is 25.5 Å². The number of aliphatic hydroxyl groups is 2. The van der Waals surface area contributed by atoms with Crippen LogP contribution in [0.25, 0.3) is 6.08 Å². The van der Waals surface area contributed by atoms with E-state index < -0.39 is 35.6 Å². The van der Waals surface area contributed by atoms with E-state index in [4.69, 9.17) is 5.11 Å². The van der Waals surface area contributed by atoms with Crippen molar-refractivity contribution in [3.05, 3.63) is 23.3 Å². The predicted octanol–water partition coefficient (Wildman–Crippen LogP) is 0.580. The third-order valence-corrected chi connectivity index (χ3v) is 2.30. The first-order valence-corrected chi connectivity index (χ1v) is 5.36. The molecule has 2 rings (SSSR count). The molecule has 0 spiro atoms. The third kappa shape index (κ3) is 2.94. The molecule has 0 aromatic carbocycles. The fourth-order valence-corrected chi connectivity index (χ4v) is 1.40. The van der Waals surface area contributed by atoms with E-state index >= 15 is 0 Å². The lowest BCUT2D eigenvalue weighted by Crippen LogP contribution is -2.18. The van der Waals surface area contributed by atoms with Gasteiger partial charge in [-0.05, 0) is 12.2 Å². The number of aromatic nitrogens is 2. The summed E-state index contributed by atoms with van der Waals surface area (Å²) < 4.78 is 0. The highest BCUT2D eigenvalue weighted by atomic mass is 16.3. The molecule has 2 heterocycles. The summed E-state index contributed by atoms with van der Waals surface area (Å²) in [5, 5.41) is 46.5. The van der Waals surface area contributed by atoms with E-state index in [9.17, 15) is 25.2 Å². The van der Waals surface area contributed by atoms with E-state index in [0.29, 0.717) is 0 Å². The van der Waals surface area contributed by atoms with Crippen molar-refractivity contribution in [3.63, 3.8) is 0 Å². The maximum Gasteiger partial charge on any atom is 0.373 e. The first-order chi connectivity index (χ1) is 9.88. The van der Waals surface area contributed by atoms with Crippen molar-refractivity contribution in [2.45, 2.75) is 0 Å². The number of carbonyl (C=O) groups excluding carboxylic acids is 1. The molecule has 108 valence electrons. The van der Waals surface area contributed by atoms with Gasteiger partial charge in [0.2, 0.25) is 23.6 Å². The van der Waals surface area contributed by atoms with Gasteiger partial charge in [-0.15, -0.1) is 0 Å². The minimum atomic E-state index is -1.05. The lowest BCUT2D eigenvalue weighted by atomic mass is 10.2. The monoisotopic (exact) mass is 292 g/mol. The molecule has 0 radical (unpaired) electrons. The fraction of sp³-hybridized carbons (Fsp3) is 0. The average molecular weight is 292 g/mol. The van der Waals surface area contributed by atoms with Gasteiger partial charge in [0.15, 0.2) is 0 Å². The Balaban J connectivity index is 2.31. The average Bonchev–Trinajstić information content (AvgIpc) is 2.34. The summed E-state index contributed by atoms with van der Waals surface area (Å²) in [6.45, 7) is 0. The van der Waals surface area contributed by atoms with E-state index in [-0.39, 0.29) is 11.1 Å². The van der Waals surface area contributed by atoms with Crippen LogP contribution in [0.15, 0.2) is 27.7 Å². The summed E-state index contributed by atoms with van der Waals surface area (Å²) in [5.41, 5.74) is -0.436. The quantitative estimate of drug-likeness (QED) is 0.527. The van der Waals surface area contributed by atoms with Crippen LogP contribution in [-0.4, -0.2) is 53.3 Å². The van der Waals surface area contributed by atoms with Gasteiger partial charge in [0, 0.05) is 0 Å². The standard InChI is InChI=1S/C11H8N4O6/c16-6-4(7(17)13-10(20)12-6)2-1-3-5-8(18)14-11(21)15-9(5)19/h1-3H,(H2,12,13,16,17,20)(H3,14,15,18,19,21)/b3-1+. The van der Waals surface area contributed by atoms with Gasteiger partial charge in [0.1, 0.15) is 0 Å². The minimum Gasteiger partial charge on any atom is -0.493 e. The molecule has 0 atom stereocenters. The number of urea groups is 1. The second kappa shape index (κ2) is 5.28. The number of aromatic hydroxyl groups is 3. The van der Waals surface area contributed by atoms with Gasteiger partial charge in [0.05, 0.1) is 11.1 Å². The van der Waals surface area contributed by atoms with Crippen molar-refractivity contribution < 1.29 is 30.3 Å². The fourth-order valence-electron chi connectivity index (χ4n) is 1.40. The summed E-state index contributed by atoms with van der Waals surface area (Å²) >= 11 is 0. The van der Waals surface area contributed by atoms with Crippen molar-refractivity contribution >= 4 is 23.9 Å². The SMILES string of the molecule is O=C1N=C(O)C(=C/C=C/c2c(O)nc(O)nc2O)C(O)=N1. The Bertz CT molecular complexity index is 687. The van der Waals surface area contributed by atoms with E-state index in [1.807, 2.05) is 0 Å². The largest absolute Gasteiger partial charge is 0.493 e.